The van der Waals surface area contributed by atoms with E-state index in [0.29, 0.717) is 22.0 Å². The van der Waals surface area contributed by atoms with Crippen LogP contribution in [0.25, 0.3) is 0 Å². The van der Waals surface area contributed by atoms with Crippen molar-refractivity contribution in [3.63, 3.8) is 0 Å². The fourth-order valence-electron chi connectivity index (χ4n) is 2.05. The van der Waals surface area contributed by atoms with Crippen molar-refractivity contribution < 1.29 is 9.59 Å². The van der Waals surface area contributed by atoms with Crippen LogP contribution in [0, 0.1) is 23.7 Å². The number of carbonyl (C=O) groups is 2. The summed E-state index contributed by atoms with van der Waals surface area (Å²) in [6, 6.07) is 11.1. The van der Waals surface area contributed by atoms with Crippen LogP contribution < -0.4 is 10.6 Å². The van der Waals surface area contributed by atoms with Gasteiger partial charge < -0.3 is 10.6 Å². The first-order valence-corrected chi connectivity index (χ1v) is 8.71. The monoisotopic (exact) mass is 355 g/mol. The molecule has 2 N–H and O–H groups in total. The first-order chi connectivity index (χ1) is 11.7. The lowest BCUT2D eigenvalue weighted by atomic mass is 9.96. The molecule has 1 aromatic carbocycles. The highest BCUT2D eigenvalue weighted by Gasteiger charge is 2.23. The van der Waals surface area contributed by atoms with Gasteiger partial charge in [0.1, 0.15) is 0 Å². The van der Waals surface area contributed by atoms with E-state index in [2.05, 4.69) is 16.7 Å². The molecule has 5 nitrogen and oxygen atoms in total. The number of hydrogen-bond donors (Lipinski definition) is 2. The van der Waals surface area contributed by atoms with Gasteiger partial charge in [-0.2, -0.15) is 5.26 Å². The summed E-state index contributed by atoms with van der Waals surface area (Å²) < 4.78 is 0. The molecule has 1 aromatic heterocycles. The predicted molar refractivity (Wildman–Crippen MR) is 101 cm³/mol. The maximum Gasteiger partial charge on any atom is 0.266 e. The Morgan fingerprint density at radius 3 is 2.36 bits per heavy atom. The molecule has 6 heteroatoms. The van der Waals surface area contributed by atoms with Crippen LogP contribution >= 0.6 is 11.3 Å². The van der Waals surface area contributed by atoms with E-state index < -0.39 is 5.41 Å². The molecule has 0 aliphatic carbocycles. The van der Waals surface area contributed by atoms with Crippen LogP contribution in [-0.4, -0.2) is 11.8 Å². The minimum atomic E-state index is -0.495. The van der Waals surface area contributed by atoms with E-state index in [-0.39, 0.29) is 11.8 Å². The van der Waals surface area contributed by atoms with Crippen molar-refractivity contribution >= 4 is 33.8 Å². The Labute approximate surface area is 151 Å². The molecule has 2 aromatic rings. The summed E-state index contributed by atoms with van der Waals surface area (Å²) in [5.41, 5.74) is 1.89. The number of thiophene rings is 1. The number of carbonyl (C=O) groups excluding carboxylic acids is 2. The minimum absolute atomic E-state index is 0.0891. The van der Waals surface area contributed by atoms with Crippen LogP contribution in [0.1, 0.15) is 41.6 Å². The van der Waals surface area contributed by atoms with Crippen molar-refractivity contribution in [2.75, 3.05) is 10.6 Å². The number of aryl methyl sites for hydroxylation is 1. The molecule has 0 radical (unpaired) electrons. The highest BCUT2D eigenvalue weighted by molar-refractivity contribution is 7.18. The highest BCUT2D eigenvalue weighted by atomic mass is 32.1. The summed E-state index contributed by atoms with van der Waals surface area (Å²) >= 11 is 1.26. The average molecular weight is 355 g/mol. The van der Waals surface area contributed by atoms with Crippen LogP contribution in [0.2, 0.25) is 0 Å². The summed E-state index contributed by atoms with van der Waals surface area (Å²) in [5, 5.41) is 15.0. The van der Waals surface area contributed by atoms with Crippen molar-refractivity contribution in [3.05, 3.63) is 46.3 Å². The van der Waals surface area contributed by atoms with E-state index in [1.807, 2.05) is 39.8 Å². The first kappa shape index (κ1) is 18.7. The van der Waals surface area contributed by atoms with Gasteiger partial charge in [-0.15, -0.1) is 11.3 Å². The third-order valence-electron chi connectivity index (χ3n) is 3.54. The number of nitriles is 1. The molecule has 0 spiro atoms. The second-order valence-corrected chi connectivity index (χ2v) is 7.87. The molecule has 1 heterocycles. The second kappa shape index (κ2) is 7.49. The lowest BCUT2D eigenvalue weighted by molar-refractivity contribution is -0.123. The van der Waals surface area contributed by atoms with E-state index in [4.69, 9.17) is 5.26 Å². The zero-order valence-corrected chi connectivity index (χ0v) is 15.6. The predicted octanol–water partition coefficient (Wildman–Crippen LogP) is 4.36. The average Bonchev–Trinajstić information content (AvgIpc) is 2.89. The Balaban J connectivity index is 2.09. The lowest BCUT2D eigenvalue weighted by Crippen LogP contribution is -2.27. The molecular weight excluding hydrogens is 334 g/mol. The topological polar surface area (TPSA) is 82.0 Å². The highest BCUT2D eigenvalue weighted by Crippen LogP contribution is 2.29. The second-order valence-electron chi connectivity index (χ2n) is 6.81. The molecule has 0 unspecified atom stereocenters. The molecule has 2 amide bonds. The number of hydrogen-bond acceptors (Lipinski definition) is 4. The maximum absolute atomic E-state index is 12.5. The van der Waals surface area contributed by atoms with Crippen LogP contribution in [0.5, 0.6) is 0 Å². The quantitative estimate of drug-likeness (QED) is 0.855. The molecule has 0 fully saturated rings. The maximum atomic E-state index is 12.5. The molecule has 25 heavy (non-hydrogen) atoms. The summed E-state index contributed by atoms with van der Waals surface area (Å²) in [6.07, 6.45) is 0.342. The number of anilines is 2. The van der Waals surface area contributed by atoms with Crippen molar-refractivity contribution in [2.24, 2.45) is 5.41 Å². The zero-order valence-electron chi connectivity index (χ0n) is 14.8. The summed E-state index contributed by atoms with van der Waals surface area (Å²) in [5.74, 6) is -0.305. The van der Waals surface area contributed by atoms with Gasteiger partial charge in [-0.3, -0.25) is 9.59 Å². The fraction of sp³-hybridized carbons (Fsp3) is 0.316. The largest absolute Gasteiger partial charge is 0.321 e. The third-order valence-corrected chi connectivity index (χ3v) is 4.69. The normalized spacial score (nSPS) is 10.8. The molecule has 0 aliphatic rings. The van der Waals surface area contributed by atoms with Gasteiger partial charge in [-0.25, -0.2) is 0 Å². The van der Waals surface area contributed by atoms with Gasteiger partial charge in [0.05, 0.1) is 22.4 Å². The Morgan fingerprint density at radius 2 is 1.80 bits per heavy atom. The van der Waals surface area contributed by atoms with Gasteiger partial charge in [0.25, 0.3) is 5.91 Å². The Morgan fingerprint density at radius 1 is 1.16 bits per heavy atom. The third kappa shape index (κ3) is 4.91. The van der Waals surface area contributed by atoms with Gasteiger partial charge in [-0.05, 0) is 36.2 Å². The number of benzene rings is 1. The molecule has 0 atom stereocenters. The first-order valence-electron chi connectivity index (χ1n) is 7.90. The summed E-state index contributed by atoms with van der Waals surface area (Å²) in [7, 11) is 0. The standard InChI is InChI=1S/C19H21N3O2S/c1-12-11-15(22-18(24)19(2,3)4)25-16(12)17(23)21-14-7-5-13(6-8-14)9-10-20/h5-8,11H,9H2,1-4H3,(H,21,23)(H,22,24). The smallest absolute Gasteiger partial charge is 0.266 e. The van der Waals surface area contributed by atoms with E-state index in [1.165, 1.54) is 11.3 Å². The molecular formula is C19H21N3O2S. The lowest BCUT2D eigenvalue weighted by Gasteiger charge is -2.16. The van der Waals surface area contributed by atoms with Crippen LogP contribution in [0.4, 0.5) is 10.7 Å². The van der Waals surface area contributed by atoms with Gasteiger partial charge >= 0.3 is 0 Å². The number of amides is 2. The number of nitrogens with one attached hydrogen (secondary N) is 2. The number of rotatable bonds is 4. The van der Waals surface area contributed by atoms with Crippen LogP contribution in [0.3, 0.4) is 0 Å². The van der Waals surface area contributed by atoms with Crippen molar-refractivity contribution in [3.8, 4) is 6.07 Å². The van der Waals surface area contributed by atoms with Gasteiger partial charge in [-0.1, -0.05) is 32.9 Å². The fourth-order valence-corrected chi connectivity index (χ4v) is 3.02. The molecule has 0 saturated heterocycles. The van der Waals surface area contributed by atoms with Crippen molar-refractivity contribution in [2.45, 2.75) is 34.1 Å². The van der Waals surface area contributed by atoms with Crippen molar-refractivity contribution in [1.29, 1.82) is 5.26 Å². The molecule has 130 valence electrons. The van der Waals surface area contributed by atoms with Crippen LogP contribution in [-0.2, 0) is 11.2 Å². The van der Waals surface area contributed by atoms with Crippen LogP contribution in [0.15, 0.2) is 30.3 Å². The van der Waals surface area contributed by atoms with Gasteiger partial charge in [0.15, 0.2) is 0 Å². The molecule has 0 bridgehead atoms. The summed E-state index contributed by atoms with van der Waals surface area (Å²) in [6.45, 7) is 7.36. The van der Waals surface area contributed by atoms with E-state index in [9.17, 15) is 9.59 Å². The van der Waals surface area contributed by atoms with Gasteiger partial charge in [0, 0.05) is 11.1 Å². The Hall–Kier alpha value is -2.65. The molecule has 0 aliphatic heterocycles. The van der Waals surface area contributed by atoms with Gasteiger partial charge in [0.2, 0.25) is 5.91 Å². The minimum Gasteiger partial charge on any atom is -0.321 e. The van der Waals surface area contributed by atoms with Crippen molar-refractivity contribution in [1.82, 2.24) is 0 Å². The zero-order chi connectivity index (χ0) is 18.6. The Kier molecular flexibility index (Phi) is 5.60. The van der Waals surface area contributed by atoms with E-state index >= 15 is 0 Å². The van der Waals surface area contributed by atoms with E-state index in [0.717, 1.165) is 11.1 Å². The SMILES string of the molecule is Cc1cc(NC(=O)C(C)(C)C)sc1C(=O)Nc1ccc(CC#N)cc1. The molecule has 0 saturated carbocycles. The van der Waals surface area contributed by atoms with E-state index in [1.54, 1.807) is 18.2 Å². The summed E-state index contributed by atoms with van der Waals surface area (Å²) in [4.78, 5) is 25.1. The number of nitrogens with zero attached hydrogens (tertiary/aromatic N) is 1. The molecule has 2 rings (SSSR count). The Bertz CT molecular complexity index is 824.